The van der Waals surface area contributed by atoms with Gasteiger partial charge >= 0.3 is 0 Å². The molecule has 0 fully saturated rings. The summed E-state index contributed by atoms with van der Waals surface area (Å²) < 4.78 is 6.01. The van der Waals surface area contributed by atoms with Crippen molar-refractivity contribution in [2.75, 3.05) is 0 Å². The van der Waals surface area contributed by atoms with Crippen LogP contribution in [0.3, 0.4) is 0 Å². The molecule has 0 aliphatic heterocycles. The van der Waals surface area contributed by atoms with Gasteiger partial charge in [-0.25, -0.2) is 0 Å². The van der Waals surface area contributed by atoms with Gasteiger partial charge in [-0.2, -0.15) is 0 Å². The monoisotopic (exact) mass is 328 g/mol. The number of furan rings is 1. The van der Waals surface area contributed by atoms with Gasteiger partial charge in [0.05, 0.1) is 5.56 Å². The van der Waals surface area contributed by atoms with Crippen LogP contribution < -0.4 is 0 Å². The number of carbonyl (C=O) groups is 1. The first-order chi connectivity index (χ1) is 12.0. The molecule has 124 valence electrons. The van der Waals surface area contributed by atoms with Crippen molar-refractivity contribution in [3.63, 3.8) is 0 Å². The summed E-state index contributed by atoms with van der Waals surface area (Å²) in [6.45, 7) is 5.53. The van der Waals surface area contributed by atoms with E-state index in [9.17, 15) is 4.79 Å². The zero-order chi connectivity index (χ0) is 17.6. The average Bonchev–Trinajstić information content (AvgIpc) is 3.16. The quantitative estimate of drug-likeness (QED) is 0.585. The summed E-state index contributed by atoms with van der Waals surface area (Å²) in [5, 5.41) is 0. The molecular weight excluding hydrogens is 308 g/mol. The van der Waals surface area contributed by atoms with E-state index >= 15 is 0 Å². The summed E-state index contributed by atoms with van der Waals surface area (Å²) in [6, 6.07) is 18.9. The Labute approximate surface area is 147 Å². The standard InChI is InChI=1S/C23H20O2/c1-14-8-10-17(11-9-14)21-12-18-6-4-5-7-19(18)23(21)22-13-20(15(2)24)16(3)25-22/h4-11,13H,12H2,1-3H3. The summed E-state index contributed by atoms with van der Waals surface area (Å²) >= 11 is 0. The number of benzene rings is 2. The smallest absolute Gasteiger partial charge is 0.163 e. The first-order valence-corrected chi connectivity index (χ1v) is 8.55. The van der Waals surface area contributed by atoms with E-state index in [1.54, 1.807) is 6.92 Å². The van der Waals surface area contributed by atoms with Gasteiger partial charge in [-0.1, -0.05) is 54.1 Å². The van der Waals surface area contributed by atoms with Crippen molar-refractivity contribution < 1.29 is 9.21 Å². The number of fused-ring (bicyclic) bond motifs is 1. The first-order valence-electron chi connectivity index (χ1n) is 8.55. The van der Waals surface area contributed by atoms with Crippen molar-refractivity contribution in [2.45, 2.75) is 27.2 Å². The van der Waals surface area contributed by atoms with E-state index in [-0.39, 0.29) is 5.78 Å². The Kier molecular flexibility index (Phi) is 3.69. The molecule has 3 aromatic rings. The van der Waals surface area contributed by atoms with Crippen LogP contribution in [-0.2, 0) is 6.42 Å². The topological polar surface area (TPSA) is 30.2 Å². The van der Waals surface area contributed by atoms with Crippen molar-refractivity contribution in [1.29, 1.82) is 0 Å². The van der Waals surface area contributed by atoms with Crippen molar-refractivity contribution >= 4 is 16.9 Å². The van der Waals surface area contributed by atoms with Crippen LogP contribution in [0.4, 0.5) is 0 Å². The lowest BCUT2D eigenvalue weighted by Crippen LogP contribution is -1.91. The third-order valence-corrected chi connectivity index (χ3v) is 4.90. The second-order valence-corrected chi connectivity index (χ2v) is 6.69. The fourth-order valence-corrected chi connectivity index (χ4v) is 3.60. The Morgan fingerprint density at radius 3 is 2.40 bits per heavy atom. The molecule has 0 saturated carbocycles. The van der Waals surface area contributed by atoms with Gasteiger partial charge in [-0.15, -0.1) is 0 Å². The lowest BCUT2D eigenvalue weighted by molar-refractivity contribution is 0.101. The lowest BCUT2D eigenvalue weighted by atomic mass is 9.97. The van der Waals surface area contributed by atoms with Gasteiger partial charge in [-0.3, -0.25) is 4.79 Å². The fourth-order valence-electron chi connectivity index (χ4n) is 3.60. The van der Waals surface area contributed by atoms with Gasteiger partial charge in [0.15, 0.2) is 5.78 Å². The second kappa shape index (κ2) is 5.89. The summed E-state index contributed by atoms with van der Waals surface area (Å²) in [5.41, 5.74) is 7.97. The van der Waals surface area contributed by atoms with E-state index < -0.39 is 0 Å². The Balaban J connectivity index is 1.94. The van der Waals surface area contributed by atoms with Gasteiger partial charge in [0.25, 0.3) is 0 Å². The van der Waals surface area contributed by atoms with Crippen molar-refractivity contribution in [3.8, 4) is 0 Å². The highest BCUT2D eigenvalue weighted by Crippen LogP contribution is 2.43. The van der Waals surface area contributed by atoms with E-state index in [0.717, 1.165) is 17.8 Å². The molecule has 0 saturated heterocycles. The molecule has 0 amide bonds. The zero-order valence-corrected chi connectivity index (χ0v) is 14.7. The molecule has 0 spiro atoms. The number of aryl methyl sites for hydroxylation is 2. The summed E-state index contributed by atoms with van der Waals surface area (Å²) in [7, 11) is 0. The molecule has 25 heavy (non-hydrogen) atoms. The maximum Gasteiger partial charge on any atom is 0.163 e. The number of ketones is 1. The normalized spacial score (nSPS) is 13.2. The molecule has 4 rings (SSSR count). The first kappa shape index (κ1) is 15.6. The van der Waals surface area contributed by atoms with Crippen LogP contribution >= 0.6 is 0 Å². The number of allylic oxidation sites excluding steroid dienone is 1. The molecule has 1 aliphatic carbocycles. The molecule has 0 bridgehead atoms. The van der Waals surface area contributed by atoms with Gasteiger partial charge in [0, 0.05) is 5.57 Å². The molecule has 2 heteroatoms. The van der Waals surface area contributed by atoms with Crippen molar-refractivity contribution in [2.24, 2.45) is 0 Å². The molecular formula is C23H20O2. The molecule has 0 N–H and O–H groups in total. The Bertz CT molecular complexity index is 1000. The van der Waals surface area contributed by atoms with Crippen molar-refractivity contribution in [1.82, 2.24) is 0 Å². The fraction of sp³-hybridized carbons (Fsp3) is 0.174. The SMILES string of the molecule is CC(=O)c1cc(C2=C(c3ccc(C)cc3)Cc3ccccc32)oc1C. The Morgan fingerprint density at radius 1 is 1.00 bits per heavy atom. The maximum atomic E-state index is 11.9. The van der Waals surface area contributed by atoms with Crippen LogP contribution in [0.5, 0.6) is 0 Å². The largest absolute Gasteiger partial charge is 0.461 e. The van der Waals surface area contributed by atoms with Crippen LogP contribution in [0.1, 0.15) is 51.1 Å². The molecule has 2 aromatic carbocycles. The van der Waals surface area contributed by atoms with E-state index in [4.69, 9.17) is 4.42 Å². The second-order valence-electron chi connectivity index (χ2n) is 6.69. The number of Topliss-reactive ketones (excluding diaryl/α,β-unsaturated/α-hetero) is 1. The minimum atomic E-state index is 0.0382. The van der Waals surface area contributed by atoms with Crippen molar-refractivity contribution in [3.05, 3.63) is 93.9 Å². The molecule has 0 radical (unpaired) electrons. The highest BCUT2D eigenvalue weighted by molar-refractivity contribution is 6.04. The van der Waals surface area contributed by atoms with Crippen LogP contribution in [0.25, 0.3) is 11.1 Å². The highest BCUT2D eigenvalue weighted by atomic mass is 16.3. The Hall–Kier alpha value is -2.87. The van der Waals surface area contributed by atoms with Crippen LogP contribution in [-0.4, -0.2) is 5.78 Å². The predicted molar refractivity (Wildman–Crippen MR) is 101 cm³/mol. The molecule has 1 aliphatic rings. The third-order valence-electron chi connectivity index (χ3n) is 4.90. The highest BCUT2D eigenvalue weighted by Gasteiger charge is 2.26. The summed E-state index contributed by atoms with van der Waals surface area (Å²) in [4.78, 5) is 11.9. The Morgan fingerprint density at radius 2 is 1.72 bits per heavy atom. The minimum absolute atomic E-state index is 0.0382. The predicted octanol–water partition coefficient (Wildman–Crippen LogP) is 5.61. The number of carbonyl (C=O) groups excluding carboxylic acids is 1. The lowest BCUT2D eigenvalue weighted by Gasteiger charge is -2.07. The molecule has 2 nitrogen and oxygen atoms in total. The van der Waals surface area contributed by atoms with E-state index in [1.807, 2.05) is 13.0 Å². The van der Waals surface area contributed by atoms with Gasteiger partial charge in [0.2, 0.25) is 0 Å². The number of hydrogen-bond acceptors (Lipinski definition) is 2. The van der Waals surface area contributed by atoms with Crippen LogP contribution in [0.2, 0.25) is 0 Å². The molecule has 1 heterocycles. The van der Waals surface area contributed by atoms with Gasteiger partial charge < -0.3 is 4.42 Å². The third kappa shape index (κ3) is 2.64. The van der Waals surface area contributed by atoms with E-state index in [2.05, 4.69) is 55.5 Å². The summed E-state index contributed by atoms with van der Waals surface area (Å²) in [6.07, 6.45) is 0.879. The minimum Gasteiger partial charge on any atom is -0.461 e. The maximum absolute atomic E-state index is 11.9. The molecule has 1 aromatic heterocycles. The molecule has 0 unspecified atom stereocenters. The summed E-state index contributed by atoms with van der Waals surface area (Å²) in [5.74, 6) is 1.50. The van der Waals surface area contributed by atoms with Gasteiger partial charge in [0.1, 0.15) is 11.5 Å². The van der Waals surface area contributed by atoms with Gasteiger partial charge in [-0.05, 0) is 55.5 Å². The molecule has 0 atom stereocenters. The van der Waals surface area contributed by atoms with E-state index in [0.29, 0.717) is 11.3 Å². The number of hydrogen-bond donors (Lipinski definition) is 0. The van der Waals surface area contributed by atoms with E-state index in [1.165, 1.54) is 27.8 Å². The zero-order valence-electron chi connectivity index (χ0n) is 14.7. The number of rotatable bonds is 3. The van der Waals surface area contributed by atoms with Crippen LogP contribution in [0.15, 0.2) is 59.0 Å². The average molecular weight is 328 g/mol. The van der Waals surface area contributed by atoms with Crippen LogP contribution in [0, 0.1) is 13.8 Å².